The van der Waals surface area contributed by atoms with Crippen LogP contribution >= 0.6 is 0 Å². The van der Waals surface area contributed by atoms with Crippen LogP contribution in [0.4, 0.5) is 0 Å². The number of ether oxygens (including phenoxy) is 2. The zero-order valence-electron chi connectivity index (χ0n) is 14.4. The van der Waals surface area contributed by atoms with Gasteiger partial charge in [-0.3, -0.25) is 4.90 Å². The van der Waals surface area contributed by atoms with Crippen molar-refractivity contribution in [2.24, 2.45) is 5.41 Å². The predicted octanol–water partition coefficient (Wildman–Crippen LogP) is 1.37. The molecule has 1 heterocycles. The van der Waals surface area contributed by atoms with E-state index >= 15 is 0 Å². The Morgan fingerprint density at radius 3 is 2.13 bits per heavy atom. The molecular formula is C17H28N2O4. The lowest BCUT2D eigenvalue weighted by Gasteiger charge is -2.44. The van der Waals surface area contributed by atoms with Gasteiger partial charge in [-0.2, -0.15) is 0 Å². The Morgan fingerprint density at radius 1 is 1.17 bits per heavy atom. The summed E-state index contributed by atoms with van der Waals surface area (Å²) in [6, 6.07) is 3.11. The second-order valence-corrected chi connectivity index (χ2v) is 6.60. The maximum atomic E-state index is 9.96. The third-order valence-electron chi connectivity index (χ3n) is 4.47. The van der Waals surface area contributed by atoms with Crippen LogP contribution in [-0.4, -0.2) is 62.1 Å². The molecule has 1 aromatic rings. The average molecular weight is 324 g/mol. The van der Waals surface area contributed by atoms with E-state index in [-0.39, 0.29) is 18.4 Å². The third-order valence-corrected chi connectivity index (χ3v) is 4.47. The highest BCUT2D eigenvalue weighted by atomic mass is 16.5. The number of rotatable bonds is 6. The minimum atomic E-state index is -0.394. The summed E-state index contributed by atoms with van der Waals surface area (Å²) in [5.74, 6) is 1.25. The molecule has 0 amide bonds. The first kappa shape index (κ1) is 17.8. The van der Waals surface area contributed by atoms with Crippen LogP contribution in [0.15, 0.2) is 12.1 Å². The molecule has 1 saturated heterocycles. The fourth-order valence-corrected chi connectivity index (χ4v) is 3.29. The summed E-state index contributed by atoms with van der Waals surface area (Å²) >= 11 is 0. The molecule has 1 fully saturated rings. The predicted molar refractivity (Wildman–Crippen MR) is 89.3 cm³/mol. The molecule has 0 aromatic heterocycles. The number of benzene rings is 1. The zero-order chi connectivity index (χ0) is 17.0. The standard InChI is InChI=1S/C17H28N2O4/c1-17(2,11-20)16(19-7-5-18-6-8-19)15-13(22-3)9-12(21)10-14(15)23-4/h9-10,16,18,20-21H,5-8,11H2,1-4H3/t16-/m0/s1. The van der Waals surface area contributed by atoms with Crippen molar-refractivity contribution in [3.8, 4) is 17.2 Å². The molecule has 23 heavy (non-hydrogen) atoms. The zero-order valence-corrected chi connectivity index (χ0v) is 14.4. The van der Waals surface area contributed by atoms with Crippen molar-refractivity contribution >= 4 is 0 Å². The number of hydrogen-bond donors (Lipinski definition) is 3. The van der Waals surface area contributed by atoms with Crippen molar-refractivity contribution in [1.82, 2.24) is 10.2 Å². The Morgan fingerprint density at radius 2 is 1.70 bits per heavy atom. The van der Waals surface area contributed by atoms with E-state index in [9.17, 15) is 10.2 Å². The lowest BCUT2D eigenvalue weighted by molar-refractivity contribution is 0.0279. The number of nitrogens with one attached hydrogen (secondary N) is 1. The van der Waals surface area contributed by atoms with Crippen molar-refractivity contribution in [2.45, 2.75) is 19.9 Å². The molecule has 0 unspecified atom stereocenters. The normalized spacial score (nSPS) is 17.8. The minimum Gasteiger partial charge on any atom is -0.508 e. The van der Waals surface area contributed by atoms with Gasteiger partial charge in [0.15, 0.2) is 0 Å². The second kappa shape index (κ2) is 7.38. The molecule has 0 spiro atoms. The van der Waals surface area contributed by atoms with Crippen molar-refractivity contribution < 1.29 is 19.7 Å². The highest BCUT2D eigenvalue weighted by Crippen LogP contribution is 2.47. The molecule has 1 aliphatic rings. The molecule has 0 aliphatic carbocycles. The van der Waals surface area contributed by atoms with Crippen LogP contribution in [0, 0.1) is 5.41 Å². The van der Waals surface area contributed by atoms with Crippen LogP contribution < -0.4 is 14.8 Å². The summed E-state index contributed by atoms with van der Waals surface area (Å²) in [6.07, 6.45) is 0. The summed E-state index contributed by atoms with van der Waals surface area (Å²) in [5.41, 5.74) is 0.475. The Balaban J connectivity index is 2.58. The fraction of sp³-hybridized carbons (Fsp3) is 0.647. The number of hydrogen-bond acceptors (Lipinski definition) is 6. The van der Waals surface area contributed by atoms with E-state index in [2.05, 4.69) is 10.2 Å². The molecule has 1 atom stereocenters. The van der Waals surface area contributed by atoms with Crippen molar-refractivity contribution in [1.29, 1.82) is 0 Å². The van der Waals surface area contributed by atoms with Gasteiger partial charge in [-0.05, 0) is 0 Å². The summed E-state index contributed by atoms with van der Waals surface area (Å²) < 4.78 is 11.0. The van der Waals surface area contributed by atoms with Crippen LogP contribution in [-0.2, 0) is 0 Å². The number of aliphatic hydroxyl groups excluding tert-OH is 1. The first-order chi connectivity index (χ1) is 10.9. The van der Waals surface area contributed by atoms with E-state index in [0.29, 0.717) is 11.5 Å². The topological polar surface area (TPSA) is 74.2 Å². The molecule has 3 N–H and O–H groups in total. The van der Waals surface area contributed by atoms with Crippen LogP contribution in [0.2, 0.25) is 0 Å². The number of methoxy groups -OCH3 is 2. The van der Waals surface area contributed by atoms with E-state index < -0.39 is 5.41 Å². The van der Waals surface area contributed by atoms with Crippen molar-refractivity contribution in [2.75, 3.05) is 47.0 Å². The van der Waals surface area contributed by atoms with Gasteiger partial charge in [0.1, 0.15) is 17.2 Å². The van der Waals surface area contributed by atoms with Gasteiger partial charge in [-0.1, -0.05) is 13.8 Å². The van der Waals surface area contributed by atoms with Gasteiger partial charge in [0.2, 0.25) is 0 Å². The van der Waals surface area contributed by atoms with Crippen LogP contribution in [0.25, 0.3) is 0 Å². The first-order valence-electron chi connectivity index (χ1n) is 7.95. The SMILES string of the molecule is COc1cc(O)cc(OC)c1[C@H](N1CCNCC1)C(C)(C)CO. The third kappa shape index (κ3) is 3.71. The maximum absolute atomic E-state index is 9.96. The summed E-state index contributed by atoms with van der Waals surface area (Å²) in [4.78, 5) is 2.34. The molecule has 0 bridgehead atoms. The summed E-state index contributed by atoms with van der Waals surface area (Å²) in [5, 5.41) is 23.2. The Bertz CT molecular complexity index is 502. The lowest BCUT2D eigenvalue weighted by Crippen LogP contribution is -2.49. The largest absolute Gasteiger partial charge is 0.508 e. The maximum Gasteiger partial charge on any atom is 0.131 e. The number of aliphatic hydroxyl groups is 1. The molecule has 0 radical (unpaired) electrons. The average Bonchev–Trinajstić information content (AvgIpc) is 2.56. The van der Waals surface area contributed by atoms with Gasteiger partial charge >= 0.3 is 0 Å². The second-order valence-electron chi connectivity index (χ2n) is 6.60. The van der Waals surface area contributed by atoms with Crippen molar-refractivity contribution in [3.05, 3.63) is 17.7 Å². The summed E-state index contributed by atoms with van der Waals surface area (Å²) in [6.45, 7) is 7.66. The van der Waals surface area contributed by atoms with E-state index in [0.717, 1.165) is 31.7 Å². The van der Waals surface area contributed by atoms with Crippen molar-refractivity contribution in [3.63, 3.8) is 0 Å². The Hall–Kier alpha value is -1.50. The molecule has 6 heteroatoms. The van der Waals surface area contributed by atoms with E-state index in [1.807, 2.05) is 13.8 Å². The number of nitrogens with zero attached hydrogens (tertiary/aromatic N) is 1. The van der Waals surface area contributed by atoms with Crippen LogP contribution in [0.1, 0.15) is 25.5 Å². The van der Waals surface area contributed by atoms with Crippen LogP contribution in [0.5, 0.6) is 17.2 Å². The van der Waals surface area contributed by atoms with Gasteiger partial charge in [0.05, 0.1) is 19.8 Å². The number of phenolic OH excluding ortho intramolecular Hbond substituents is 1. The molecule has 2 rings (SSSR count). The number of aromatic hydroxyl groups is 1. The minimum absolute atomic E-state index is 0.0365. The van der Waals surface area contributed by atoms with E-state index in [1.165, 1.54) is 0 Å². The van der Waals surface area contributed by atoms with E-state index in [4.69, 9.17) is 9.47 Å². The van der Waals surface area contributed by atoms with Gasteiger partial charge in [-0.25, -0.2) is 0 Å². The quantitative estimate of drug-likeness (QED) is 0.734. The Kier molecular flexibility index (Phi) is 5.73. The van der Waals surface area contributed by atoms with Gasteiger partial charge < -0.3 is 25.0 Å². The Labute approximate surface area is 138 Å². The molecule has 0 saturated carbocycles. The summed E-state index contributed by atoms with van der Waals surface area (Å²) in [7, 11) is 3.16. The fourth-order valence-electron chi connectivity index (χ4n) is 3.29. The number of phenols is 1. The monoisotopic (exact) mass is 324 g/mol. The molecule has 1 aliphatic heterocycles. The number of piperazine rings is 1. The van der Waals surface area contributed by atoms with E-state index in [1.54, 1.807) is 26.4 Å². The smallest absolute Gasteiger partial charge is 0.131 e. The first-order valence-corrected chi connectivity index (χ1v) is 7.95. The van der Waals surface area contributed by atoms with Gasteiger partial charge in [-0.15, -0.1) is 0 Å². The highest BCUT2D eigenvalue weighted by Gasteiger charge is 2.39. The van der Waals surface area contributed by atoms with Gasteiger partial charge in [0.25, 0.3) is 0 Å². The highest BCUT2D eigenvalue weighted by molar-refractivity contribution is 5.52. The molecule has 6 nitrogen and oxygen atoms in total. The molecular weight excluding hydrogens is 296 g/mol. The van der Waals surface area contributed by atoms with Crippen LogP contribution in [0.3, 0.4) is 0 Å². The lowest BCUT2D eigenvalue weighted by atomic mass is 9.79. The molecule has 1 aromatic carbocycles. The molecule has 130 valence electrons. The van der Waals surface area contributed by atoms with Gasteiger partial charge in [0, 0.05) is 56.4 Å².